The molecule has 3 heterocycles. The zero-order valence-electron chi connectivity index (χ0n) is 21.4. The van der Waals surface area contributed by atoms with Gasteiger partial charge in [0.2, 0.25) is 0 Å². The van der Waals surface area contributed by atoms with E-state index >= 15 is 0 Å². The first-order valence-electron chi connectivity index (χ1n) is 11.9. The number of pyridine rings is 1. The lowest BCUT2D eigenvalue weighted by Crippen LogP contribution is -2.40. The van der Waals surface area contributed by atoms with E-state index in [1.165, 1.54) is 23.0 Å². The minimum atomic E-state index is -0.824. The van der Waals surface area contributed by atoms with Gasteiger partial charge >= 0.3 is 11.9 Å². The minimum Gasteiger partial charge on any atom is -0.490 e. The average Bonchev–Trinajstić information content (AvgIpc) is 3.21. The number of rotatable bonds is 9. The molecule has 0 saturated carbocycles. The number of thiazole rings is 1. The van der Waals surface area contributed by atoms with E-state index < -0.39 is 18.0 Å². The molecule has 0 unspecified atom stereocenters. The maximum Gasteiger partial charge on any atom is 0.343 e. The maximum absolute atomic E-state index is 13.7. The van der Waals surface area contributed by atoms with E-state index in [-0.39, 0.29) is 24.3 Å². The lowest BCUT2D eigenvalue weighted by Gasteiger charge is -2.25. The molecule has 198 valence electrons. The first-order valence-corrected chi connectivity index (χ1v) is 12.8. The third-order valence-corrected chi connectivity index (χ3v) is 6.64. The van der Waals surface area contributed by atoms with E-state index in [9.17, 15) is 14.4 Å². The molecule has 0 N–H and O–H groups in total. The van der Waals surface area contributed by atoms with Crippen molar-refractivity contribution in [2.75, 3.05) is 26.9 Å². The van der Waals surface area contributed by atoms with Crippen LogP contribution in [0.15, 0.2) is 63.8 Å². The van der Waals surface area contributed by atoms with Crippen LogP contribution in [0.2, 0.25) is 0 Å². The van der Waals surface area contributed by atoms with Crippen molar-refractivity contribution in [3.63, 3.8) is 0 Å². The van der Waals surface area contributed by atoms with Crippen molar-refractivity contribution in [1.82, 2.24) is 9.55 Å². The van der Waals surface area contributed by atoms with Gasteiger partial charge in [0.15, 0.2) is 22.9 Å². The van der Waals surface area contributed by atoms with Crippen LogP contribution in [0.1, 0.15) is 37.9 Å². The number of carbonyl (C=O) groups is 2. The van der Waals surface area contributed by atoms with Gasteiger partial charge in [-0.05, 0) is 56.2 Å². The maximum atomic E-state index is 13.7. The molecule has 0 spiro atoms. The molecule has 0 amide bonds. The number of fused-ring (bicyclic) bond motifs is 1. The molecule has 4 rings (SSSR count). The summed E-state index contributed by atoms with van der Waals surface area (Å²) < 4.78 is 23.3. The van der Waals surface area contributed by atoms with Crippen LogP contribution < -0.4 is 24.4 Å². The fourth-order valence-corrected chi connectivity index (χ4v) is 5.04. The smallest absolute Gasteiger partial charge is 0.343 e. The summed E-state index contributed by atoms with van der Waals surface area (Å²) in [6.07, 6.45) is 5.06. The highest BCUT2D eigenvalue weighted by atomic mass is 32.1. The number of methoxy groups -OCH3 is 1. The molecule has 0 fully saturated rings. The monoisotopic (exact) mass is 537 g/mol. The van der Waals surface area contributed by atoms with Gasteiger partial charge in [0.25, 0.3) is 5.56 Å². The van der Waals surface area contributed by atoms with E-state index in [0.717, 1.165) is 5.56 Å². The van der Waals surface area contributed by atoms with Crippen LogP contribution in [0.25, 0.3) is 6.08 Å². The van der Waals surface area contributed by atoms with Gasteiger partial charge in [-0.2, -0.15) is 0 Å². The normalized spacial score (nSPS) is 14.9. The molecule has 1 atom stereocenters. The van der Waals surface area contributed by atoms with Crippen molar-refractivity contribution in [2.24, 2.45) is 4.99 Å². The van der Waals surface area contributed by atoms with Crippen LogP contribution in [0.4, 0.5) is 0 Å². The largest absolute Gasteiger partial charge is 0.490 e. The highest BCUT2D eigenvalue weighted by Crippen LogP contribution is 2.36. The fourth-order valence-electron chi connectivity index (χ4n) is 4.00. The van der Waals surface area contributed by atoms with E-state index in [1.807, 2.05) is 13.0 Å². The summed E-state index contributed by atoms with van der Waals surface area (Å²) in [5.41, 5.74) is 1.75. The number of carbonyl (C=O) groups excluding carboxylic acids is 2. The Balaban J connectivity index is 1.89. The topological polar surface area (TPSA) is 118 Å². The van der Waals surface area contributed by atoms with Gasteiger partial charge in [-0.3, -0.25) is 14.3 Å². The molecule has 10 nitrogen and oxygen atoms in total. The molecule has 0 saturated heterocycles. The average molecular weight is 538 g/mol. The molecule has 38 heavy (non-hydrogen) atoms. The Hall–Kier alpha value is -4.25. The summed E-state index contributed by atoms with van der Waals surface area (Å²) in [6.45, 7) is 5.43. The SMILES string of the molecule is CCOC(=O)C1=C(C)N=c2s/c(=C\c3cccnc3)c(=O)n2[C@H]1c1ccc(OCC(=O)OC)c(OCC)c1. The van der Waals surface area contributed by atoms with Crippen LogP contribution in [-0.2, 0) is 19.1 Å². The van der Waals surface area contributed by atoms with Crippen molar-refractivity contribution in [1.29, 1.82) is 0 Å². The van der Waals surface area contributed by atoms with Crippen molar-refractivity contribution in [3.05, 3.63) is 84.8 Å². The predicted molar refractivity (Wildman–Crippen MR) is 140 cm³/mol. The fraction of sp³-hybridized carbons (Fsp3) is 0.296. The number of hydrogen-bond acceptors (Lipinski definition) is 10. The standard InChI is InChI=1S/C27H27N3O7S/c1-5-35-20-13-18(9-10-19(20)37-15-22(31)34-4)24-23(26(33)36-6-2)16(3)29-27-30(24)25(32)21(38-27)12-17-8-7-11-28-14-17/h7-14,24H,5-6,15H2,1-4H3/b21-12-/t24-/m0/s1. The molecular weight excluding hydrogens is 510 g/mol. The van der Waals surface area contributed by atoms with Gasteiger partial charge in [0.1, 0.15) is 0 Å². The quantitative estimate of drug-likeness (QED) is 0.381. The Kier molecular flexibility index (Phi) is 8.37. The van der Waals surface area contributed by atoms with Gasteiger partial charge in [-0.1, -0.05) is 23.5 Å². The number of ether oxygens (including phenoxy) is 4. The highest BCUT2D eigenvalue weighted by Gasteiger charge is 2.34. The van der Waals surface area contributed by atoms with E-state index in [4.69, 9.17) is 14.2 Å². The van der Waals surface area contributed by atoms with Gasteiger partial charge in [0.05, 0.1) is 42.2 Å². The van der Waals surface area contributed by atoms with Gasteiger partial charge in [-0.15, -0.1) is 0 Å². The summed E-state index contributed by atoms with van der Waals surface area (Å²) in [7, 11) is 1.27. The molecule has 1 aromatic carbocycles. The summed E-state index contributed by atoms with van der Waals surface area (Å²) in [6, 6.07) is 7.85. The summed E-state index contributed by atoms with van der Waals surface area (Å²) in [5.74, 6) is -0.433. The number of hydrogen-bond donors (Lipinski definition) is 0. The van der Waals surface area contributed by atoms with Crippen LogP contribution >= 0.6 is 11.3 Å². The van der Waals surface area contributed by atoms with Gasteiger partial charge in [-0.25, -0.2) is 14.6 Å². The number of benzene rings is 1. The highest BCUT2D eigenvalue weighted by molar-refractivity contribution is 7.07. The minimum absolute atomic E-state index is 0.165. The first-order chi connectivity index (χ1) is 18.4. The molecule has 2 aromatic heterocycles. The second-order valence-electron chi connectivity index (χ2n) is 8.09. The molecule has 0 aliphatic carbocycles. The summed E-state index contributed by atoms with van der Waals surface area (Å²) in [4.78, 5) is 47.6. The van der Waals surface area contributed by atoms with Gasteiger partial charge < -0.3 is 18.9 Å². The predicted octanol–water partition coefficient (Wildman–Crippen LogP) is 2.14. The van der Waals surface area contributed by atoms with Gasteiger partial charge in [0, 0.05) is 12.4 Å². The van der Waals surface area contributed by atoms with Crippen molar-refractivity contribution < 1.29 is 28.5 Å². The van der Waals surface area contributed by atoms with Crippen molar-refractivity contribution in [3.8, 4) is 11.5 Å². The summed E-state index contributed by atoms with van der Waals surface area (Å²) in [5, 5.41) is 0. The number of allylic oxidation sites excluding steroid dienone is 1. The van der Waals surface area contributed by atoms with Crippen LogP contribution in [-0.4, -0.2) is 48.4 Å². The third kappa shape index (κ3) is 5.52. The Labute approximate surface area is 222 Å². The Morgan fingerprint density at radius 3 is 2.63 bits per heavy atom. The van der Waals surface area contributed by atoms with Crippen LogP contribution in [0.5, 0.6) is 11.5 Å². The first kappa shape index (κ1) is 26.8. The molecule has 1 aliphatic rings. The Morgan fingerprint density at radius 2 is 1.95 bits per heavy atom. The Bertz CT molecular complexity index is 1560. The third-order valence-electron chi connectivity index (χ3n) is 5.66. The van der Waals surface area contributed by atoms with E-state index in [1.54, 1.807) is 56.6 Å². The molecule has 3 aromatic rings. The summed E-state index contributed by atoms with van der Waals surface area (Å²) >= 11 is 1.22. The number of aromatic nitrogens is 2. The lowest BCUT2D eigenvalue weighted by atomic mass is 9.95. The Morgan fingerprint density at radius 1 is 1.13 bits per heavy atom. The van der Waals surface area contributed by atoms with Crippen molar-refractivity contribution >= 4 is 29.4 Å². The molecule has 1 aliphatic heterocycles. The number of nitrogens with zero attached hydrogens (tertiary/aromatic N) is 3. The number of esters is 2. The molecule has 0 bridgehead atoms. The second-order valence-corrected chi connectivity index (χ2v) is 9.10. The van der Waals surface area contributed by atoms with E-state index in [2.05, 4.69) is 14.7 Å². The van der Waals surface area contributed by atoms with Crippen LogP contribution in [0.3, 0.4) is 0 Å². The molecular formula is C27H27N3O7S. The zero-order chi connectivity index (χ0) is 27.2. The van der Waals surface area contributed by atoms with Crippen LogP contribution in [0, 0.1) is 0 Å². The second kappa shape index (κ2) is 11.9. The van der Waals surface area contributed by atoms with E-state index in [0.29, 0.717) is 38.7 Å². The lowest BCUT2D eigenvalue weighted by molar-refractivity contribution is -0.143. The van der Waals surface area contributed by atoms with Crippen molar-refractivity contribution in [2.45, 2.75) is 26.8 Å². The molecule has 11 heteroatoms. The zero-order valence-corrected chi connectivity index (χ0v) is 22.2. The molecule has 0 radical (unpaired) electrons.